The third-order valence-electron chi connectivity index (χ3n) is 3.74. The first-order valence-corrected chi connectivity index (χ1v) is 6.51. The summed E-state index contributed by atoms with van der Waals surface area (Å²) in [6.07, 6.45) is 2.08. The summed E-state index contributed by atoms with van der Waals surface area (Å²) in [6, 6.07) is 5.10. The summed E-state index contributed by atoms with van der Waals surface area (Å²) in [5.41, 5.74) is 13.2. The molecule has 0 atom stereocenters. The molecular weight excluding hydrogens is 242 g/mol. The Balaban J connectivity index is 2.01. The molecular formula is C14H21N3O2. The van der Waals surface area contributed by atoms with E-state index in [4.69, 9.17) is 16.2 Å². The van der Waals surface area contributed by atoms with Crippen molar-refractivity contribution in [3.63, 3.8) is 0 Å². The molecule has 1 aliphatic heterocycles. The first-order chi connectivity index (χ1) is 9.00. The quantitative estimate of drug-likeness (QED) is 0.720. The van der Waals surface area contributed by atoms with Gasteiger partial charge in [-0.1, -0.05) is 6.92 Å². The van der Waals surface area contributed by atoms with Gasteiger partial charge < -0.3 is 21.5 Å². The fraction of sp³-hybridized carbons (Fsp3) is 0.500. The number of hydrogen-bond acceptors (Lipinski definition) is 4. The molecule has 1 saturated heterocycles. The van der Waals surface area contributed by atoms with Gasteiger partial charge in [-0.05, 0) is 36.5 Å². The van der Waals surface area contributed by atoms with Crippen LogP contribution in [-0.2, 0) is 4.74 Å². The maximum absolute atomic E-state index is 11.1. The Bertz CT molecular complexity index is 468. The van der Waals surface area contributed by atoms with E-state index >= 15 is 0 Å². The molecule has 0 spiro atoms. The number of amides is 1. The number of carbonyl (C=O) groups is 1. The number of anilines is 2. The van der Waals surface area contributed by atoms with Gasteiger partial charge in [-0.3, -0.25) is 4.79 Å². The van der Waals surface area contributed by atoms with Crippen LogP contribution >= 0.6 is 0 Å². The first-order valence-electron chi connectivity index (χ1n) is 6.51. The SMILES string of the molecule is CC1(CNc2ccc(C(N)=O)cc2N)CCOCC1. The van der Waals surface area contributed by atoms with E-state index in [1.165, 1.54) is 0 Å². The number of benzene rings is 1. The van der Waals surface area contributed by atoms with E-state index in [9.17, 15) is 4.79 Å². The molecule has 5 heteroatoms. The highest BCUT2D eigenvalue weighted by Crippen LogP contribution is 2.31. The van der Waals surface area contributed by atoms with Crippen molar-refractivity contribution < 1.29 is 9.53 Å². The van der Waals surface area contributed by atoms with Gasteiger partial charge in [0.15, 0.2) is 0 Å². The number of nitrogen functional groups attached to an aromatic ring is 1. The van der Waals surface area contributed by atoms with Gasteiger partial charge in [0.2, 0.25) is 5.91 Å². The molecule has 5 N–H and O–H groups in total. The van der Waals surface area contributed by atoms with E-state index in [1.807, 2.05) is 0 Å². The van der Waals surface area contributed by atoms with Crippen LogP contribution in [0, 0.1) is 5.41 Å². The summed E-state index contributed by atoms with van der Waals surface area (Å²) < 4.78 is 5.38. The van der Waals surface area contributed by atoms with Crippen LogP contribution in [0.4, 0.5) is 11.4 Å². The average Bonchev–Trinajstić information content (AvgIpc) is 2.38. The smallest absolute Gasteiger partial charge is 0.248 e. The molecule has 1 amide bonds. The molecule has 2 rings (SSSR count). The Morgan fingerprint density at radius 1 is 1.42 bits per heavy atom. The third-order valence-corrected chi connectivity index (χ3v) is 3.74. The van der Waals surface area contributed by atoms with Crippen LogP contribution in [0.25, 0.3) is 0 Å². The van der Waals surface area contributed by atoms with E-state index in [1.54, 1.807) is 18.2 Å². The zero-order valence-corrected chi connectivity index (χ0v) is 11.2. The van der Waals surface area contributed by atoms with Gasteiger partial charge in [-0.15, -0.1) is 0 Å². The van der Waals surface area contributed by atoms with Crippen LogP contribution in [0.15, 0.2) is 18.2 Å². The number of hydrogen-bond donors (Lipinski definition) is 3. The fourth-order valence-corrected chi connectivity index (χ4v) is 2.23. The van der Waals surface area contributed by atoms with E-state index in [0.717, 1.165) is 38.3 Å². The van der Waals surface area contributed by atoms with Crippen molar-refractivity contribution in [1.82, 2.24) is 0 Å². The largest absolute Gasteiger partial charge is 0.397 e. The van der Waals surface area contributed by atoms with Crippen LogP contribution in [0.5, 0.6) is 0 Å². The monoisotopic (exact) mass is 263 g/mol. The van der Waals surface area contributed by atoms with E-state index in [2.05, 4.69) is 12.2 Å². The van der Waals surface area contributed by atoms with Gasteiger partial charge in [-0.25, -0.2) is 0 Å². The van der Waals surface area contributed by atoms with Crippen molar-refractivity contribution in [2.24, 2.45) is 11.1 Å². The second kappa shape index (κ2) is 5.48. The topological polar surface area (TPSA) is 90.4 Å². The van der Waals surface area contributed by atoms with E-state index in [-0.39, 0.29) is 5.41 Å². The Kier molecular flexibility index (Phi) is 3.95. The van der Waals surface area contributed by atoms with Crippen LogP contribution in [0.1, 0.15) is 30.1 Å². The highest BCUT2D eigenvalue weighted by atomic mass is 16.5. The third kappa shape index (κ3) is 3.38. The van der Waals surface area contributed by atoms with Crippen LogP contribution in [0.3, 0.4) is 0 Å². The molecule has 1 aliphatic rings. The average molecular weight is 263 g/mol. The molecule has 0 saturated carbocycles. The number of rotatable bonds is 4. The normalized spacial score (nSPS) is 17.9. The Morgan fingerprint density at radius 3 is 2.68 bits per heavy atom. The summed E-state index contributed by atoms with van der Waals surface area (Å²) in [5, 5.41) is 3.36. The minimum atomic E-state index is -0.463. The highest BCUT2D eigenvalue weighted by molar-refractivity contribution is 5.94. The molecule has 0 bridgehead atoms. The zero-order chi connectivity index (χ0) is 13.9. The lowest BCUT2D eigenvalue weighted by Gasteiger charge is -2.34. The van der Waals surface area contributed by atoms with Gasteiger partial charge in [0.05, 0.1) is 11.4 Å². The predicted octanol–water partition coefficient (Wildman–Crippen LogP) is 1.60. The van der Waals surface area contributed by atoms with Crippen molar-refractivity contribution >= 4 is 17.3 Å². The van der Waals surface area contributed by atoms with Gasteiger partial charge >= 0.3 is 0 Å². The summed E-state index contributed by atoms with van der Waals surface area (Å²) in [5.74, 6) is -0.463. The lowest BCUT2D eigenvalue weighted by molar-refractivity contribution is 0.0300. The zero-order valence-electron chi connectivity index (χ0n) is 11.2. The van der Waals surface area contributed by atoms with Crippen molar-refractivity contribution in [3.8, 4) is 0 Å². The molecule has 1 heterocycles. The summed E-state index contributed by atoms with van der Waals surface area (Å²) >= 11 is 0. The highest BCUT2D eigenvalue weighted by Gasteiger charge is 2.27. The molecule has 0 aliphatic carbocycles. The molecule has 5 nitrogen and oxygen atoms in total. The Hall–Kier alpha value is -1.75. The van der Waals surface area contributed by atoms with Crippen molar-refractivity contribution in [2.45, 2.75) is 19.8 Å². The molecule has 19 heavy (non-hydrogen) atoms. The number of primary amides is 1. The summed E-state index contributed by atoms with van der Waals surface area (Å²) in [6.45, 7) is 4.72. The van der Waals surface area contributed by atoms with Crippen molar-refractivity contribution in [2.75, 3.05) is 30.8 Å². The maximum Gasteiger partial charge on any atom is 0.248 e. The molecule has 1 fully saturated rings. The minimum Gasteiger partial charge on any atom is -0.397 e. The summed E-state index contributed by atoms with van der Waals surface area (Å²) in [7, 11) is 0. The minimum absolute atomic E-state index is 0.229. The number of nitrogens with one attached hydrogen (secondary N) is 1. The van der Waals surface area contributed by atoms with Gasteiger partial charge in [0, 0.05) is 25.3 Å². The van der Waals surface area contributed by atoms with Gasteiger partial charge in [0.1, 0.15) is 0 Å². The van der Waals surface area contributed by atoms with Crippen LogP contribution in [0.2, 0.25) is 0 Å². The maximum atomic E-state index is 11.1. The van der Waals surface area contributed by atoms with Crippen LogP contribution in [-0.4, -0.2) is 25.7 Å². The Labute approximate surface area is 113 Å². The van der Waals surface area contributed by atoms with Gasteiger partial charge in [-0.2, -0.15) is 0 Å². The van der Waals surface area contributed by atoms with Gasteiger partial charge in [0.25, 0.3) is 0 Å². The molecule has 0 radical (unpaired) electrons. The standard InChI is InChI=1S/C14H21N3O2/c1-14(4-6-19-7-5-14)9-17-12-3-2-10(13(16)18)8-11(12)15/h2-3,8,17H,4-7,9,15H2,1H3,(H2,16,18). The molecule has 1 aromatic carbocycles. The number of nitrogens with two attached hydrogens (primary N) is 2. The lowest BCUT2D eigenvalue weighted by Crippen LogP contribution is -2.33. The lowest BCUT2D eigenvalue weighted by atomic mass is 9.82. The Morgan fingerprint density at radius 2 is 2.11 bits per heavy atom. The predicted molar refractivity (Wildman–Crippen MR) is 76.0 cm³/mol. The molecule has 104 valence electrons. The fourth-order valence-electron chi connectivity index (χ4n) is 2.23. The molecule has 0 aromatic heterocycles. The van der Waals surface area contributed by atoms with E-state index in [0.29, 0.717) is 11.3 Å². The van der Waals surface area contributed by atoms with Crippen molar-refractivity contribution in [3.05, 3.63) is 23.8 Å². The van der Waals surface area contributed by atoms with Crippen LogP contribution < -0.4 is 16.8 Å². The summed E-state index contributed by atoms with van der Waals surface area (Å²) in [4.78, 5) is 11.1. The number of ether oxygens (including phenoxy) is 1. The first kappa shape index (κ1) is 13.7. The van der Waals surface area contributed by atoms with Crippen molar-refractivity contribution in [1.29, 1.82) is 0 Å². The molecule has 1 aromatic rings. The second-order valence-corrected chi connectivity index (χ2v) is 5.44. The molecule has 0 unspecified atom stereocenters. The van der Waals surface area contributed by atoms with E-state index < -0.39 is 5.91 Å². The number of carbonyl (C=O) groups excluding carboxylic acids is 1. The second-order valence-electron chi connectivity index (χ2n) is 5.44.